The zero-order valence-corrected chi connectivity index (χ0v) is 8.95. The van der Waals surface area contributed by atoms with E-state index in [1.54, 1.807) is 10.5 Å². The van der Waals surface area contributed by atoms with E-state index in [0.29, 0.717) is 10.3 Å². The molecule has 0 atom stereocenters. The van der Waals surface area contributed by atoms with E-state index >= 15 is 0 Å². The molecule has 2 rings (SSSR count). The van der Waals surface area contributed by atoms with Gasteiger partial charge in [0.1, 0.15) is 0 Å². The second kappa shape index (κ2) is 3.09. The van der Waals surface area contributed by atoms with Crippen molar-refractivity contribution in [3.05, 3.63) is 34.3 Å². The Hall–Kier alpha value is -1.36. The maximum absolute atomic E-state index is 10.8. The lowest BCUT2D eigenvalue weighted by atomic mass is 10.3. The predicted molar refractivity (Wildman–Crippen MR) is 54.6 cm³/mol. The molecule has 5 heteroatoms. The number of carbonyl (C=O) groups is 1. The number of rotatable bonds is 1. The van der Waals surface area contributed by atoms with Gasteiger partial charge in [-0.2, -0.15) is 0 Å². The molecule has 0 aliphatic carbocycles. The topological polar surface area (TPSA) is 54.6 Å². The summed E-state index contributed by atoms with van der Waals surface area (Å²) in [7, 11) is 0. The van der Waals surface area contributed by atoms with E-state index in [1.807, 2.05) is 19.1 Å². The molecule has 0 aliphatic rings. The van der Waals surface area contributed by atoms with Crippen molar-refractivity contribution < 1.29 is 9.90 Å². The van der Waals surface area contributed by atoms with Crippen LogP contribution in [0.4, 0.5) is 0 Å². The van der Waals surface area contributed by atoms with Crippen LogP contribution in [0.3, 0.4) is 0 Å². The van der Waals surface area contributed by atoms with Crippen LogP contribution in [-0.4, -0.2) is 20.5 Å². The van der Waals surface area contributed by atoms with Crippen molar-refractivity contribution in [1.29, 1.82) is 0 Å². The second-order valence-corrected chi connectivity index (χ2v) is 3.63. The van der Waals surface area contributed by atoms with Crippen molar-refractivity contribution in [2.24, 2.45) is 0 Å². The van der Waals surface area contributed by atoms with E-state index in [9.17, 15) is 4.79 Å². The van der Waals surface area contributed by atoms with Crippen molar-refractivity contribution >= 4 is 27.4 Å². The molecule has 0 aromatic carbocycles. The van der Waals surface area contributed by atoms with E-state index in [0.717, 1.165) is 5.69 Å². The third-order valence-corrected chi connectivity index (χ3v) is 2.55. The first-order valence-electron chi connectivity index (χ1n) is 3.98. The fraction of sp³-hybridized carbons (Fsp3) is 0.111. The molecule has 0 unspecified atom stereocenters. The Balaban J connectivity index is 2.91. The average Bonchev–Trinajstić information content (AvgIpc) is 2.45. The Morgan fingerprint density at radius 2 is 2.29 bits per heavy atom. The molecule has 0 saturated carbocycles. The number of hydrogen-bond acceptors (Lipinski definition) is 2. The molecule has 0 fully saturated rings. The summed E-state index contributed by atoms with van der Waals surface area (Å²) in [5, 5.41) is 8.89. The van der Waals surface area contributed by atoms with Crippen LogP contribution in [0.5, 0.6) is 0 Å². The van der Waals surface area contributed by atoms with Crippen LogP contribution in [0.25, 0.3) is 5.52 Å². The summed E-state index contributed by atoms with van der Waals surface area (Å²) in [6.07, 6.45) is 0. The molecule has 2 aromatic rings. The van der Waals surface area contributed by atoms with Crippen LogP contribution < -0.4 is 0 Å². The van der Waals surface area contributed by atoms with Crippen LogP contribution in [0.15, 0.2) is 22.9 Å². The van der Waals surface area contributed by atoms with Crippen LogP contribution in [0, 0.1) is 6.92 Å². The van der Waals surface area contributed by atoms with Crippen molar-refractivity contribution in [1.82, 2.24) is 9.38 Å². The Morgan fingerprint density at radius 1 is 1.57 bits per heavy atom. The molecule has 4 nitrogen and oxygen atoms in total. The highest BCUT2D eigenvalue weighted by Crippen LogP contribution is 2.19. The molecule has 0 aliphatic heterocycles. The van der Waals surface area contributed by atoms with Gasteiger partial charge in [-0.05, 0) is 35.0 Å². The summed E-state index contributed by atoms with van der Waals surface area (Å²) in [5.74, 6) is -1.01. The monoisotopic (exact) mass is 254 g/mol. The Labute approximate surface area is 88.3 Å². The van der Waals surface area contributed by atoms with Crippen molar-refractivity contribution in [2.75, 3.05) is 0 Å². The average molecular weight is 255 g/mol. The number of halogens is 1. The van der Waals surface area contributed by atoms with Crippen molar-refractivity contribution in [2.45, 2.75) is 6.92 Å². The molecule has 2 aromatic heterocycles. The quantitative estimate of drug-likeness (QED) is 0.848. The number of carboxylic acid groups (broad SMARTS) is 1. The number of fused-ring (bicyclic) bond motifs is 1. The van der Waals surface area contributed by atoms with Crippen LogP contribution in [0.2, 0.25) is 0 Å². The van der Waals surface area contributed by atoms with Gasteiger partial charge in [0.25, 0.3) is 0 Å². The summed E-state index contributed by atoms with van der Waals surface area (Å²) in [6, 6.07) is 5.44. The summed E-state index contributed by atoms with van der Waals surface area (Å²) < 4.78 is 2.27. The van der Waals surface area contributed by atoms with Gasteiger partial charge in [0, 0.05) is 5.69 Å². The number of aryl methyl sites for hydroxylation is 1. The van der Waals surface area contributed by atoms with E-state index in [-0.39, 0.29) is 5.69 Å². The van der Waals surface area contributed by atoms with Gasteiger partial charge >= 0.3 is 5.97 Å². The smallest absolute Gasteiger partial charge is 0.356 e. The molecule has 2 heterocycles. The van der Waals surface area contributed by atoms with Gasteiger partial charge in [-0.1, -0.05) is 6.07 Å². The summed E-state index contributed by atoms with van der Waals surface area (Å²) in [5.41, 5.74) is 1.61. The molecule has 72 valence electrons. The predicted octanol–water partition coefficient (Wildman–Crippen LogP) is 2.10. The molecule has 0 spiro atoms. The number of imidazole rings is 1. The number of pyridine rings is 1. The Morgan fingerprint density at radius 3 is 2.93 bits per heavy atom. The molecular formula is C9H7BrN2O2. The van der Waals surface area contributed by atoms with E-state index in [1.165, 1.54) is 0 Å². The van der Waals surface area contributed by atoms with Crippen molar-refractivity contribution in [3.8, 4) is 0 Å². The van der Waals surface area contributed by atoms with Gasteiger partial charge in [-0.3, -0.25) is 4.40 Å². The largest absolute Gasteiger partial charge is 0.476 e. The maximum atomic E-state index is 10.8. The minimum absolute atomic E-state index is 0.0700. The number of hydrogen-bond donors (Lipinski definition) is 1. The highest BCUT2D eigenvalue weighted by Gasteiger charge is 2.15. The number of aromatic nitrogens is 2. The Kier molecular flexibility index (Phi) is 2.03. The zero-order valence-electron chi connectivity index (χ0n) is 7.36. The minimum Gasteiger partial charge on any atom is -0.476 e. The number of carboxylic acids is 1. The highest BCUT2D eigenvalue weighted by atomic mass is 79.9. The highest BCUT2D eigenvalue weighted by molar-refractivity contribution is 9.10. The standard InChI is InChI=1S/C9H7BrN2O2/c1-5-3-2-4-6-7(8(13)14)11-9(10)12(5)6/h2-4H,1H3,(H,13,14). The summed E-state index contributed by atoms with van der Waals surface area (Å²) >= 11 is 3.23. The van der Waals surface area contributed by atoms with E-state index in [4.69, 9.17) is 5.11 Å². The third kappa shape index (κ3) is 1.21. The van der Waals surface area contributed by atoms with Gasteiger partial charge in [-0.25, -0.2) is 9.78 Å². The lowest BCUT2D eigenvalue weighted by Gasteiger charge is -1.99. The normalized spacial score (nSPS) is 10.7. The van der Waals surface area contributed by atoms with Gasteiger partial charge in [0.2, 0.25) is 0 Å². The van der Waals surface area contributed by atoms with Crippen LogP contribution >= 0.6 is 15.9 Å². The first-order valence-corrected chi connectivity index (χ1v) is 4.77. The third-order valence-electron chi connectivity index (χ3n) is 2.02. The molecule has 1 N–H and O–H groups in total. The van der Waals surface area contributed by atoms with E-state index < -0.39 is 5.97 Å². The first kappa shape index (κ1) is 9.21. The lowest BCUT2D eigenvalue weighted by Crippen LogP contribution is -1.97. The molecule has 0 amide bonds. The number of aromatic carboxylic acids is 1. The first-order chi connectivity index (χ1) is 6.61. The lowest BCUT2D eigenvalue weighted by molar-refractivity contribution is 0.0693. The number of nitrogens with zero attached hydrogens (tertiary/aromatic N) is 2. The fourth-order valence-electron chi connectivity index (χ4n) is 1.40. The molecule has 0 saturated heterocycles. The SMILES string of the molecule is Cc1cccc2c(C(=O)O)nc(Br)n12. The fourth-order valence-corrected chi connectivity index (χ4v) is 2.05. The molecule has 0 radical (unpaired) electrons. The molecular weight excluding hydrogens is 248 g/mol. The van der Waals surface area contributed by atoms with Gasteiger partial charge < -0.3 is 5.11 Å². The zero-order chi connectivity index (χ0) is 10.3. The van der Waals surface area contributed by atoms with Gasteiger partial charge in [0.15, 0.2) is 10.4 Å². The maximum Gasteiger partial charge on any atom is 0.356 e. The van der Waals surface area contributed by atoms with E-state index in [2.05, 4.69) is 20.9 Å². The second-order valence-electron chi connectivity index (χ2n) is 2.92. The summed E-state index contributed by atoms with van der Waals surface area (Å²) in [6.45, 7) is 1.89. The summed E-state index contributed by atoms with van der Waals surface area (Å²) in [4.78, 5) is 14.8. The van der Waals surface area contributed by atoms with Gasteiger partial charge in [-0.15, -0.1) is 0 Å². The van der Waals surface area contributed by atoms with Crippen LogP contribution in [0.1, 0.15) is 16.2 Å². The minimum atomic E-state index is -1.01. The molecule has 14 heavy (non-hydrogen) atoms. The van der Waals surface area contributed by atoms with Crippen molar-refractivity contribution in [3.63, 3.8) is 0 Å². The van der Waals surface area contributed by atoms with Crippen LogP contribution in [-0.2, 0) is 0 Å². The Bertz CT molecular complexity index is 519. The molecule has 0 bridgehead atoms. The van der Waals surface area contributed by atoms with Gasteiger partial charge in [0.05, 0.1) is 5.52 Å².